The molecule has 0 saturated carbocycles. The molecule has 4 nitrogen and oxygen atoms in total. The molecule has 4 heteroatoms. The summed E-state index contributed by atoms with van der Waals surface area (Å²) in [6.07, 6.45) is 6.32. The Labute approximate surface area is 225 Å². The SMILES string of the molecule is CCCc1cc(Oc2ccc(-c3ccccc3)cc2)ccc1CCCCCOc1cccc(CC(=O)O)c1. The summed E-state index contributed by atoms with van der Waals surface area (Å²) in [6.45, 7) is 2.84. The van der Waals surface area contributed by atoms with Gasteiger partial charge in [-0.1, -0.05) is 74.0 Å². The fourth-order valence-electron chi connectivity index (χ4n) is 4.60. The van der Waals surface area contributed by atoms with E-state index in [0.717, 1.165) is 61.3 Å². The molecule has 4 aromatic carbocycles. The van der Waals surface area contributed by atoms with Gasteiger partial charge in [0.25, 0.3) is 0 Å². The highest BCUT2D eigenvalue weighted by atomic mass is 16.5. The lowest BCUT2D eigenvalue weighted by Crippen LogP contribution is -2.02. The molecular weight excluding hydrogens is 472 g/mol. The lowest BCUT2D eigenvalue weighted by molar-refractivity contribution is -0.136. The minimum Gasteiger partial charge on any atom is -0.494 e. The maximum Gasteiger partial charge on any atom is 0.307 e. The zero-order chi connectivity index (χ0) is 26.6. The van der Waals surface area contributed by atoms with Crippen LogP contribution in [0.5, 0.6) is 17.2 Å². The minimum atomic E-state index is -0.832. The second-order valence-corrected chi connectivity index (χ2v) is 9.55. The summed E-state index contributed by atoms with van der Waals surface area (Å²) < 4.78 is 12.0. The maximum absolute atomic E-state index is 10.9. The second-order valence-electron chi connectivity index (χ2n) is 9.55. The summed E-state index contributed by atoms with van der Waals surface area (Å²) in [6, 6.07) is 32.4. The monoisotopic (exact) mass is 508 g/mol. The van der Waals surface area contributed by atoms with Gasteiger partial charge in [0.15, 0.2) is 0 Å². The van der Waals surface area contributed by atoms with Crippen LogP contribution in [0, 0.1) is 0 Å². The van der Waals surface area contributed by atoms with Crippen molar-refractivity contribution in [1.82, 2.24) is 0 Å². The van der Waals surface area contributed by atoms with E-state index in [0.29, 0.717) is 6.61 Å². The zero-order valence-electron chi connectivity index (χ0n) is 22.1. The first-order chi connectivity index (χ1) is 18.6. The van der Waals surface area contributed by atoms with Crippen molar-refractivity contribution in [2.45, 2.75) is 51.9 Å². The van der Waals surface area contributed by atoms with Gasteiger partial charge in [-0.3, -0.25) is 4.79 Å². The van der Waals surface area contributed by atoms with Crippen LogP contribution in [0.4, 0.5) is 0 Å². The van der Waals surface area contributed by atoms with Gasteiger partial charge in [0.1, 0.15) is 17.2 Å². The van der Waals surface area contributed by atoms with Crippen molar-refractivity contribution >= 4 is 5.97 Å². The number of aryl methyl sites for hydroxylation is 2. The van der Waals surface area contributed by atoms with Crippen LogP contribution in [0.25, 0.3) is 11.1 Å². The molecule has 0 aliphatic rings. The molecule has 0 amide bonds. The van der Waals surface area contributed by atoms with E-state index < -0.39 is 5.97 Å². The van der Waals surface area contributed by atoms with E-state index in [1.165, 1.54) is 22.3 Å². The molecule has 4 aromatic rings. The minimum absolute atomic E-state index is 0.0155. The molecule has 0 saturated heterocycles. The molecule has 0 aliphatic carbocycles. The van der Waals surface area contributed by atoms with Gasteiger partial charge in [-0.2, -0.15) is 0 Å². The first kappa shape index (κ1) is 27.0. The molecular formula is C34H36O4. The van der Waals surface area contributed by atoms with Crippen molar-refractivity contribution in [2.24, 2.45) is 0 Å². The van der Waals surface area contributed by atoms with Crippen LogP contribution in [0.3, 0.4) is 0 Å². The van der Waals surface area contributed by atoms with Crippen LogP contribution in [0.15, 0.2) is 97.1 Å². The zero-order valence-corrected chi connectivity index (χ0v) is 22.1. The Bertz CT molecular complexity index is 1300. The first-order valence-corrected chi connectivity index (χ1v) is 13.5. The van der Waals surface area contributed by atoms with Crippen molar-refractivity contribution in [3.8, 4) is 28.4 Å². The number of hydrogen-bond acceptors (Lipinski definition) is 3. The van der Waals surface area contributed by atoms with Gasteiger partial charge >= 0.3 is 5.97 Å². The van der Waals surface area contributed by atoms with Gasteiger partial charge in [0.05, 0.1) is 13.0 Å². The van der Waals surface area contributed by atoms with Crippen LogP contribution < -0.4 is 9.47 Å². The summed E-state index contributed by atoms with van der Waals surface area (Å²) >= 11 is 0. The smallest absolute Gasteiger partial charge is 0.307 e. The molecule has 0 bridgehead atoms. The third kappa shape index (κ3) is 8.24. The molecule has 1 N–H and O–H groups in total. The number of hydrogen-bond donors (Lipinski definition) is 1. The molecule has 0 aliphatic heterocycles. The first-order valence-electron chi connectivity index (χ1n) is 13.5. The Morgan fingerprint density at radius 3 is 2.21 bits per heavy atom. The van der Waals surface area contributed by atoms with Crippen LogP contribution in [-0.4, -0.2) is 17.7 Å². The number of benzene rings is 4. The van der Waals surface area contributed by atoms with Crippen molar-refractivity contribution in [3.63, 3.8) is 0 Å². The molecule has 0 fully saturated rings. The lowest BCUT2D eigenvalue weighted by atomic mass is 9.98. The van der Waals surface area contributed by atoms with E-state index >= 15 is 0 Å². The summed E-state index contributed by atoms with van der Waals surface area (Å²) in [5, 5.41) is 8.96. The molecule has 196 valence electrons. The van der Waals surface area contributed by atoms with Crippen molar-refractivity contribution < 1.29 is 19.4 Å². The molecule has 0 spiro atoms. The van der Waals surface area contributed by atoms with Gasteiger partial charge in [-0.25, -0.2) is 0 Å². The van der Waals surface area contributed by atoms with Crippen molar-refractivity contribution in [2.75, 3.05) is 6.61 Å². The summed E-state index contributed by atoms with van der Waals surface area (Å²) in [4.78, 5) is 10.9. The number of rotatable bonds is 14. The predicted molar refractivity (Wildman–Crippen MR) is 153 cm³/mol. The fourth-order valence-corrected chi connectivity index (χ4v) is 4.60. The van der Waals surface area contributed by atoms with Crippen LogP contribution in [0.1, 0.15) is 49.3 Å². The largest absolute Gasteiger partial charge is 0.494 e. The number of unbranched alkanes of at least 4 members (excludes halogenated alkanes) is 2. The summed E-state index contributed by atoms with van der Waals surface area (Å²) in [5.41, 5.74) is 5.88. The third-order valence-corrected chi connectivity index (χ3v) is 6.51. The second kappa shape index (κ2) is 14.0. The Hall–Kier alpha value is -4.05. The summed E-state index contributed by atoms with van der Waals surface area (Å²) in [5.74, 6) is 1.62. The Kier molecular flexibility index (Phi) is 9.97. The molecule has 38 heavy (non-hydrogen) atoms. The van der Waals surface area contributed by atoms with E-state index in [2.05, 4.69) is 61.5 Å². The standard InChI is InChI=1S/C34H36O4/c1-2-10-30-25-33(38-31-19-16-29(17-20-31)27-12-5-3-6-13-27)21-18-28(30)14-7-4-8-22-37-32-15-9-11-26(23-32)24-34(35)36/h3,5-6,9,11-13,15-21,23,25H,2,4,7-8,10,14,22,24H2,1H3,(H,35,36). The molecule has 0 unspecified atom stereocenters. The van der Waals surface area contributed by atoms with E-state index in [9.17, 15) is 4.79 Å². The van der Waals surface area contributed by atoms with Crippen molar-refractivity contribution in [3.05, 3.63) is 114 Å². The maximum atomic E-state index is 10.9. The average Bonchev–Trinajstić information content (AvgIpc) is 2.92. The van der Waals surface area contributed by atoms with Crippen LogP contribution in [0.2, 0.25) is 0 Å². The molecule has 0 heterocycles. The number of aliphatic carboxylic acids is 1. The third-order valence-electron chi connectivity index (χ3n) is 6.51. The van der Waals surface area contributed by atoms with E-state index in [-0.39, 0.29) is 6.42 Å². The number of carbonyl (C=O) groups is 1. The highest BCUT2D eigenvalue weighted by Crippen LogP contribution is 2.28. The van der Waals surface area contributed by atoms with Crippen molar-refractivity contribution in [1.29, 1.82) is 0 Å². The molecule has 0 radical (unpaired) electrons. The van der Waals surface area contributed by atoms with Gasteiger partial charge in [-0.15, -0.1) is 0 Å². The predicted octanol–water partition coefficient (Wildman–Crippen LogP) is 8.52. The quantitative estimate of drug-likeness (QED) is 0.173. The normalized spacial score (nSPS) is 10.8. The topological polar surface area (TPSA) is 55.8 Å². The molecule has 0 atom stereocenters. The highest BCUT2D eigenvalue weighted by Gasteiger charge is 2.07. The Balaban J connectivity index is 1.25. The number of carboxylic acid groups (broad SMARTS) is 1. The fraction of sp³-hybridized carbons (Fsp3) is 0.265. The van der Waals surface area contributed by atoms with Gasteiger partial charge < -0.3 is 14.6 Å². The average molecular weight is 509 g/mol. The van der Waals surface area contributed by atoms with E-state index in [1.54, 1.807) is 0 Å². The van der Waals surface area contributed by atoms with E-state index in [1.807, 2.05) is 42.5 Å². The number of carboxylic acids is 1. The van der Waals surface area contributed by atoms with Crippen LogP contribution in [-0.2, 0) is 24.1 Å². The highest BCUT2D eigenvalue weighted by molar-refractivity contribution is 5.70. The molecule has 0 aromatic heterocycles. The Morgan fingerprint density at radius 2 is 1.45 bits per heavy atom. The van der Waals surface area contributed by atoms with E-state index in [4.69, 9.17) is 14.6 Å². The molecule has 4 rings (SSSR count). The summed E-state index contributed by atoms with van der Waals surface area (Å²) in [7, 11) is 0. The Morgan fingerprint density at radius 1 is 0.684 bits per heavy atom. The van der Waals surface area contributed by atoms with Gasteiger partial charge in [-0.05, 0) is 96.3 Å². The van der Waals surface area contributed by atoms with Gasteiger partial charge in [0, 0.05) is 0 Å². The number of ether oxygens (including phenoxy) is 2. The van der Waals surface area contributed by atoms with Gasteiger partial charge in [0.2, 0.25) is 0 Å². The van der Waals surface area contributed by atoms with Crippen LogP contribution >= 0.6 is 0 Å². The lowest BCUT2D eigenvalue weighted by Gasteiger charge is -2.13.